The molecule has 4 heterocycles. The van der Waals surface area contributed by atoms with Gasteiger partial charge in [-0.05, 0) is 61.7 Å². The van der Waals surface area contributed by atoms with Gasteiger partial charge in [0.1, 0.15) is 24.0 Å². The highest BCUT2D eigenvalue weighted by atomic mass is 32.1. The fourth-order valence-corrected chi connectivity index (χ4v) is 8.29. The summed E-state index contributed by atoms with van der Waals surface area (Å²) in [5, 5.41) is 2.85. The molecule has 6 rings (SSSR count). The Kier molecular flexibility index (Phi) is 12.4. The highest BCUT2D eigenvalue weighted by molar-refractivity contribution is 7.16. The standard InChI is InChI=1S/C36H36F6N4O8S2/c1-21-5-8-27(55-21)30(47)46-14-16-52-34(20-46)9-12-45(13-10-34)19-22-3-2-4-23(17-22)51-15-11-43-18-26(54-32(49)36(40,41)42)24-6-7-25(53-31(48)35(37,38)39)28-29(24)56-33(50)44-28/h2-8,17,26,43H,9-16,18-20H2,1H3,(H,44,50)/t26-/m0/s1. The van der Waals surface area contributed by atoms with Crippen molar-refractivity contribution in [1.29, 1.82) is 0 Å². The number of likely N-dealkylation sites (tertiary alicyclic amines) is 1. The van der Waals surface area contributed by atoms with Crippen molar-refractivity contribution in [2.75, 3.05) is 52.5 Å². The van der Waals surface area contributed by atoms with Gasteiger partial charge in [0.25, 0.3) is 5.91 Å². The number of amides is 1. The van der Waals surface area contributed by atoms with Crippen molar-refractivity contribution < 1.29 is 59.7 Å². The molecule has 2 aliphatic rings. The van der Waals surface area contributed by atoms with Crippen LogP contribution in [0, 0.1) is 6.92 Å². The maximum Gasteiger partial charge on any atom is 0.491 e. The summed E-state index contributed by atoms with van der Waals surface area (Å²) in [7, 11) is 0. The molecule has 0 unspecified atom stereocenters. The Balaban J connectivity index is 1.02. The third kappa shape index (κ3) is 10.1. The van der Waals surface area contributed by atoms with E-state index in [1.807, 2.05) is 42.2 Å². The number of esters is 2. The highest BCUT2D eigenvalue weighted by Gasteiger charge is 2.44. The molecular formula is C36H36F6N4O8S2. The minimum atomic E-state index is -5.37. The van der Waals surface area contributed by atoms with Gasteiger partial charge in [0.05, 0.1) is 28.3 Å². The van der Waals surface area contributed by atoms with Gasteiger partial charge in [-0.15, -0.1) is 11.3 Å². The number of aryl methyl sites for hydroxylation is 1. The van der Waals surface area contributed by atoms with Crippen LogP contribution in [-0.4, -0.2) is 103 Å². The lowest BCUT2D eigenvalue weighted by molar-refractivity contribution is -0.205. The average Bonchev–Trinajstić information content (AvgIpc) is 3.76. The van der Waals surface area contributed by atoms with Crippen molar-refractivity contribution in [2.45, 2.75) is 50.4 Å². The van der Waals surface area contributed by atoms with E-state index in [0.717, 1.165) is 53.4 Å². The van der Waals surface area contributed by atoms with E-state index in [1.54, 1.807) is 6.07 Å². The number of thiophene rings is 1. The number of piperidine rings is 1. The minimum Gasteiger partial charge on any atom is -0.492 e. The van der Waals surface area contributed by atoms with Crippen LogP contribution in [0.5, 0.6) is 11.5 Å². The normalized spacial score (nSPS) is 16.9. The van der Waals surface area contributed by atoms with E-state index in [1.165, 1.54) is 11.3 Å². The molecule has 12 nitrogen and oxygen atoms in total. The molecule has 0 aliphatic carbocycles. The molecule has 1 amide bonds. The number of benzene rings is 2. The number of carbonyl (C=O) groups excluding carboxylic acids is 3. The van der Waals surface area contributed by atoms with Crippen LogP contribution in [0.15, 0.2) is 53.3 Å². The number of ether oxygens (including phenoxy) is 4. The fraction of sp³-hybridized carbons (Fsp3) is 0.444. The third-order valence-corrected chi connectivity index (χ3v) is 11.2. The smallest absolute Gasteiger partial charge is 0.491 e. The molecule has 56 heavy (non-hydrogen) atoms. The maximum absolute atomic E-state index is 13.2. The number of carbonyl (C=O) groups is 3. The predicted molar refractivity (Wildman–Crippen MR) is 192 cm³/mol. The Morgan fingerprint density at radius 2 is 1.73 bits per heavy atom. The van der Waals surface area contributed by atoms with E-state index < -0.39 is 47.6 Å². The molecule has 0 saturated carbocycles. The Morgan fingerprint density at radius 3 is 2.43 bits per heavy atom. The Hall–Kier alpha value is -4.50. The van der Waals surface area contributed by atoms with Gasteiger partial charge in [0.15, 0.2) is 5.75 Å². The van der Waals surface area contributed by atoms with Gasteiger partial charge in [-0.2, -0.15) is 26.3 Å². The molecule has 2 aromatic carbocycles. The number of nitrogens with one attached hydrogen (secondary N) is 2. The summed E-state index contributed by atoms with van der Waals surface area (Å²) in [6.07, 6.45) is -10.9. The van der Waals surface area contributed by atoms with E-state index in [2.05, 4.69) is 19.9 Å². The van der Waals surface area contributed by atoms with Gasteiger partial charge in [0, 0.05) is 49.7 Å². The Bertz CT molecular complexity index is 2110. The Morgan fingerprint density at radius 1 is 0.982 bits per heavy atom. The summed E-state index contributed by atoms with van der Waals surface area (Å²) in [5.41, 5.74) is 0.0624. The van der Waals surface area contributed by atoms with Gasteiger partial charge in [0.2, 0.25) is 0 Å². The molecule has 1 spiro atoms. The highest BCUT2D eigenvalue weighted by Crippen LogP contribution is 2.36. The Labute approximate surface area is 323 Å². The lowest BCUT2D eigenvalue weighted by Crippen LogP contribution is -2.57. The number of thiazole rings is 1. The van der Waals surface area contributed by atoms with Crippen LogP contribution in [0.1, 0.15) is 44.6 Å². The first-order valence-corrected chi connectivity index (χ1v) is 19.0. The van der Waals surface area contributed by atoms with Crippen LogP contribution in [0.3, 0.4) is 0 Å². The molecule has 2 saturated heterocycles. The molecule has 1 atom stereocenters. The summed E-state index contributed by atoms with van der Waals surface area (Å²) in [4.78, 5) is 55.9. The number of rotatable bonds is 12. The zero-order valence-electron chi connectivity index (χ0n) is 29.7. The summed E-state index contributed by atoms with van der Waals surface area (Å²) in [5.74, 6) is -5.23. The van der Waals surface area contributed by atoms with Gasteiger partial charge in [-0.3, -0.25) is 14.5 Å². The largest absolute Gasteiger partial charge is 0.492 e. The number of hydrogen-bond donors (Lipinski definition) is 2. The molecule has 20 heteroatoms. The molecule has 302 valence electrons. The van der Waals surface area contributed by atoms with Crippen molar-refractivity contribution in [3.63, 3.8) is 0 Å². The first kappa shape index (κ1) is 41.1. The summed E-state index contributed by atoms with van der Waals surface area (Å²) in [6.45, 7) is 5.45. The topological polar surface area (TPSA) is 140 Å². The van der Waals surface area contributed by atoms with Crippen molar-refractivity contribution in [3.8, 4) is 11.5 Å². The number of fused-ring (bicyclic) bond motifs is 1. The maximum atomic E-state index is 13.2. The number of nitrogens with zero attached hydrogens (tertiary/aromatic N) is 2. The second-order valence-corrected chi connectivity index (χ2v) is 15.6. The second-order valence-electron chi connectivity index (χ2n) is 13.3. The second kappa shape index (κ2) is 16.9. The lowest BCUT2D eigenvalue weighted by atomic mass is 9.89. The molecule has 2 fully saturated rings. The van der Waals surface area contributed by atoms with Crippen LogP contribution in [-0.2, 0) is 25.6 Å². The van der Waals surface area contributed by atoms with Crippen LogP contribution in [0.4, 0.5) is 26.3 Å². The van der Waals surface area contributed by atoms with Gasteiger partial charge >= 0.3 is 29.2 Å². The zero-order chi connectivity index (χ0) is 40.3. The third-order valence-electron chi connectivity index (χ3n) is 9.27. The predicted octanol–water partition coefficient (Wildman–Crippen LogP) is 5.75. The number of halogens is 6. The van der Waals surface area contributed by atoms with Crippen molar-refractivity contribution in [1.82, 2.24) is 20.1 Å². The van der Waals surface area contributed by atoms with Crippen LogP contribution in [0.2, 0.25) is 0 Å². The van der Waals surface area contributed by atoms with Crippen LogP contribution < -0.4 is 19.7 Å². The summed E-state index contributed by atoms with van der Waals surface area (Å²) in [6, 6.07) is 13.1. The molecular weight excluding hydrogens is 795 g/mol. The van der Waals surface area contributed by atoms with E-state index in [0.29, 0.717) is 43.3 Å². The van der Waals surface area contributed by atoms with E-state index >= 15 is 0 Å². The SMILES string of the molecule is Cc1ccc(C(=O)N2CCOC3(CCN(Cc4cccc(OCCNC[C@H](OC(=O)C(F)(F)F)c5ccc(OC(=O)C(F)(F)F)c6[nH]c(=O)sc56)c4)CC3)C2)s1. The number of aromatic amines is 1. The van der Waals surface area contributed by atoms with Gasteiger partial charge in [-0.1, -0.05) is 23.5 Å². The van der Waals surface area contributed by atoms with Gasteiger partial charge in [-0.25, -0.2) is 9.59 Å². The van der Waals surface area contributed by atoms with E-state index in [9.17, 15) is 45.5 Å². The van der Waals surface area contributed by atoms with Crippen molar-refractivity contribution >= 4 is 50.7 Å². The number of aromatic nitrogens is 1. The van der Waals surface area contributed by atoms with Crippen molar-refractivity contribution in [2.24, 2.45) is 0 Å². The number of morpholine rings is 1. The first-order valence-electron chi connectivity index (χ1n) is 17.4. The lowest BCUT2D eigenvalue weighted by Gasteiger charge is -2.47. The molecule has 0 bridgehead atoms. The van der Waals surface area contributed by atoms with Crippen molar-refractivity contribution in [3.05, 3.63) is 79.1 Å². The number of alkyl halides is 6. The van der Waals surface area contributed by atoms with E-state index in [-0.39, 0.29) is 40.4 Å². The molecule has 4 aromatic rings. The minimum absolute atomic E-state index is 0.0355. The summed E-state index contributed by atoms with van der Waals surface area (Å²) < 4.78 is 99.1. The fourth-order valence-electron chi connectivity index (χ4n) is 6.55. The number of H-pyrrole nitrogens is 1. The van der Waals surface area contributed by atoms with Gasteiger partial charge < -0.3 is 34.1 Å². The molecule has 2 aromatic heterocycles. The average molecular weight is 831 g/mol. The summed E-state index contributed by atoms with van der Waals surface area (Å²) >= 11 is 1.91. The number of hydrogen-bond acceptors (Lipinski definition) is 12. The molecule has 2 aliphatic heterocycles. The quantitative estimate of drug-likeness (QED) is 0.0786. The molecule has 0 radical (unpaired) electrons. The van der Waals surface area contributed by atoms with Crippen LogP contribution in [0.25, 0.3) is 10.2 Å². The van der Waals surface area contributed by atoms with E-state index in [4.69, 9.17) is 14.2 Å². The zero-order valence-corrected chi connectivity index (χ0v) is 31.4. The molecule has 2 N–H and O–H groups in total. The monoisotopic (exact) mass is 830 g/mol. The first-order chi connectivity index (χ1) is 26.5. The van der Waals surface area contributed by atoms with Crippen LogP contribution >= 0.6 is 22.7 Å².